The first-order valence-electron chi connectivity index (χ1n) is 5.22. The molecule has 18 heavy (non-hydrogen) atoms. The Labute approximate surface area is 103 Å². The molecule has 0 unspecified atom stereocenters. The predicted octanol–water partition coefficient (Wildman–Crippen LogP) is 2.76. The Morgan fingerprint density at radius 2 is 1.56 bits per heavy atom. The van der Waals surface area contributed by atoms with Gasteiger partial charge in [0.15, 0.2) is 0 Å². The van der Waals surface area contributed by atoms with Gasteiger partial charge in [0.2, 0.25) is 0 Å². The lowest BCUT2D eigenvalue weighted by molar-refractivity contribution is -0.131. The smallest absolute Gasteiger partial charge is 0.377 e. The van der Waals surface area contributed by atoms with Crippen LogP contribution in [0.5, 0.6) is 0 Å². The third kappa shape index (κ3) is 2.27. The van der Waals surface area contributed by atoms with Crippen molar-refractivity contribution >= 4 is 11.8 Å². The molecule has 0 aliphatic heterocycles. The van der Waals surface area contributed by atoms with Crippen molar-refractivity contribution in [1.29, 1.82) is 0 Å². The van der Waals surface area contributed by atoms with Gasteiger partial charge < -0.3 is 5.11 Å². The number of hydrogen-bond acceptors (Lipinski definition) is 2. The summed E-state index contributed by atoms with van der Waals surface area (Å²) in [5.74, 6) is -2.85. The van der Waals surface area contributed by atoms with Crippen LogP contribution in [0.2, 0.25) is 0 Å². The predicted molar refractivity (Wildman–Crippen MR) is 63.8 cm³/mol. The quantitative estimate of drug-likeness (QED) is 0.667. The van der Waals surface area contributed by atoms with Gasteiger partial charge in [-0.2, -0.15) is 0 Å². The number of ketones is 1. The van der Waals surface area contributed by atoms with Gasteiger partial charge in [-0.05, 0) is 11.6 Å². The summed E-state index contributed by atoms with van der Waals surface area (Å²) in [4.78, 5) is 21.7. The van der Waals surface area contributed by atoms with E-state index in [9.17, 15) is 14.0 Å². The molecule has 4 heteroatoms. The van der Waals surface area contributed by atoms with E-state index >= 15 is 0 Å². The maximum atomic E-state index is 13.5. The van der Waals surface area contributed by atoms with Crippen LogP contribution >= 0.6 is 0 Å². The molecule has 0 spiro atoms. The molecule has 0 aromatic heterocycles. The zero-order valence-electron chi connectivity index (χ0n) is 9.26. The molecule has 1 N–H and O–H groups in total. The van der Waals surface area contributed by atoms with Crippen molar-refractivity contribution < 1.29 is 19.1 Å². The van der Waals surface area contributed by atoms with Crippen molar-refractivity contribution in [3.8, 4) is 11.1 Å². The molecule has 0 saturated heterocycles. The molecule has 0 atom stereocenters. The topological polar surface area (TPSA) is 54.4 Å². The molecule has 0 radical (unpaired) electrons. The molecule has 2 aromatic carbocycles. The van der Waals surface area contributed by atoms with Crippen molar-refractivity contribution in [3.63, 3.8) is 0 Å². The maximum Gasteiger partial charge on any atom is 0.377 e. The molecular weight excluding hydrogens is 235 g/mol. The molecule has 0 fully saturated rings. The van der Waals surface area contributed by atoms with E-state index in [1.165, 1.54) is 30.3 Å². The van der Waals surface area contributed by atoms with E-state index in [0.717, 1.165) is 0 Å². The molecule has 3 nitrogen and oxygen atoms in total. The average molecular weight is 244 g/mol. The van der Waals surface area contributed by atoms with Gasteiger partial charge >= 0.3 is 5.97 Å². The molecule has 0 amide bonds. The van der Waals surface area contributed by atoms with E-state index < -0.39 is 11.8 Å². The number of carboxylic acid groups (broad SMARTS) is 1. The van der Waals surface area contributed by atoms with E-state index in [4.69, 9.17) is 5.11 Å². The second-order valence-electron chi connectivity index (χ2n) is 3.69. The summed E-state index contributed by atoms with van der Waals surface area (Å²) in [6.07, 6.45) is 0. The third-order valence-electron chi connectivity index (χ3n) is 2.53. The summed E-state index contributed by atoms with van der Waals surface area (Å²) >= 11 is 0. The fourth-order valence-electron chi connectivity index (χ4n) is 1.62. The van der Waals surface area contributed by atoms with Crippen LogP contribution in [0.3, 0.4) is 0 Å². The molecule has 0 heterocycles. The largest absolute Gasteiger partial charge is 0.475 e. The zero-order valence-corrected chi connectivity index (χ0v) is 9.26. The number of aliphatic carboxylic acids is 1. The number of carbonyl (C=O) groups is 2. The second-order valence-corrected chi connectivity index (χ2v) is 3.69. The highest BCUT2D eigenvalue weighted by atomic mass is 19.1. The Bertz CT molecular complexity index is 603. The molecule has 0 aliphatic rings. The Morgan fingerprint density at radius 3 is 2.11 bits per heavy atom. The van der Waals surface area contributed by atoms with Crippen molar-refractivity contribution in [3.05, 3.63) is 59.9 Å². The first kappa shape index (κ1) is 12.0. The molecule has 0 saturated carbocycles. The number of Topliss-reactive ketones (excluding diaryl/α,β-unsaturated/α-hetero) is 1. The van der Waals surface area contributed by atoms with E-state index in [1.807, 2.05) is 0 Å². The second kappa shape index (κ2) is 4.79. The highest BCUT2D eigenvalue weighted by Crippen LogP contribution is 2.22. The number of carboxylic acids is 1. The van der Waals surface area contributed by atoms with Crippen LogP contribution in [-0.2, 0) is 4.79 Å². The Hall–Kier alpha value is -2.49. The summed E-state index contributed by atoms with van der Waals surface area (Å²) in [6, 6.07) is 12.0. The van der Waals surface area contributed by atoms with Gasteiger partial charge in [0.1, 0.15) is 5.82 Å². The van der Waals surface area contributed by atoms with Crippen molar-refractivity contribution in [2.75, 3.05) is 0 Å². The van der Waals surface area contributed by atoms with Crippen LogP contribution in [-0.4, -0.2) is 16.9 Å². The lowest BCUT2D eigenvalue weighted by Gasteiger charge is -2.03. The number of carbonyl (C=O) groups excluding carboxylic acids is 1. The summed E-state index contributed by atoms with van der Waals surface area (Å²) < 4.78 is 13.5. The highest BCUT2D eigenvalue weighted by Gasteiger charge is 2.14. The standard InChI is InChI=1S/C14H9FO3/c15-12-4-2-1-3-11(12)9-5-7-10(8-6-9)13(16)14(17)18/h1-8H,(H,17,18). The van der Waals surface area contributed by atoms with E-state index in [2.05, 4.69) is 0 Å². The van der Waals surface area contributed by atoms with Gasteiger partial charge in [0.05, 0.1) is 0 Å². The minimum Gasteiger partial charge on any atom is -0.475 e. The number of rotatable bonds is 3. The van der Waals surface area contributed by atoms with Crippen LogP contribution in [0, 0.1) is 5.82 Å². The minimum atomic E-state index is -1.51. The Kier molecular flexibility index (Phi) is 3.19. The Morgan fingerprint density at radius 1 is 0.944 bits per heavy atom. The normalized spacial score (nSPS) is 10.1. The summed E-state index contributed by atoms with van der Waals surface area (Å²) in [5, 5.41) is 8.56. The molecule has 0 bridgehead atoms. The molecule has 2 rings (SSSR count). The average Bonchev–Trinajstić information content (AvgIpc) is 2.38. The summed E-state index contributed by atoms with van der Waals surface area (Å²) in [5.41, 5.74) is 1.07. The van der Waals surface area contributed by atoms with Crippen LogP contribution in [0.4, 0.5) is 4.39 Å². The third-order valence-corrected chi connectivity index (χ3v) is 2.53. The lowest BCUT2D eigenvalue weighted by atomic mass is 10.0. The van der Waals surface area contributed by atoms with Gasteiger partial charge in [-0.25, -0.2) is 9.18 Å². The molecule has 90 valence electrons. The SMILES string of the molecule is O=C(O)C(=O)c1ccc(-c2ccccc2F)cc1. The highest BCUT2D eigenvalue weighted by molar-refractivity contribution is 6.39. The van der Waals surface area contributed by atoms with Crippen molar-refractivity contribution in [1.82, 2.24) is 0 Å². The number of hydrogen-bond donors (Lipinski definition) is 1. The fraction of sp³-hybridized carbons (Fsp3) is 0. The number of benzene rings is 2. The van der Waals surface area contributed by atoms with Crippen LogP contribution in [0.15, 0.2) is 48.5 Å². The van der Waals surface area contributed by atoms with Crippen LogP contribution in [0.1, 0.15) is 10.4 Å². The van der Waals surface area contributed by atoms with E-state index in [1.54, 1.807) is 18.2 Å². The zero-order chi connectivity index (χ0) is 13.1. The van der Waals surface area contributed by atoms with Gasteiger partial charge in [0, 0.05) is 11.1 Å². The summed E-state index contributed by atoms with van der Waals surface area (Å²) in [6.45, 7) is 0. The maximum absolute atomic E-state index is 13.5. The van der Waals surface area contributed by atoms with Crippen LogP contribution in [0.25, 0.3) is 11.1 Å². The van der Waals surface area contributed by atoms with Crippen molar-refractivity contribution in [2.24, 2.45) is 0 Å². The Balaban J connectivity index is 2.37. The number of halogens is 1. The monoisotopic (exact) mass is 244 g/mol. The van der Waals surface area contributed by atoms with Crippen molar-refractivity contribution in [2.45, 2.75) is 0 Å². The molecule has 2 aromatic rings. The lowest BCUT2D eigenvalue weighted by Crippen LogP contribution is -2.12. The molecule has 0 aliphatic carbocycles. The summed E-state index contributed by atoms with van der Waals surface area (Å²) in [7, 11) is 0. The van der Waals surface area contributed by atoms with Gasteiger partial charge in [-0.15, -0.1) is 0 Å². The molecular formula is C14H9FO3. The minimum absolute atomic E-state index is 0.0718. The van der Waals surface area contributed by atoms with Gasteiger partial charge in [-0.3, -0.25) is 4.79 Å². The van der Waals surface area contributed by atoms with Crippen LogP contribution < -0.4 is 0 Å². The first-order chi connectivity index (χ1) is 8.59. The first-order valence-corrected chi connectivity index (χ1v) is 5.22. The van der Waals surface area contributed by atoms with E-state index in [-0.39, 0.29) is 11.4 Å². The van der Waals surface area contributed by atoms with Gasteiger partial charge in [-0.1, -0.05) is 42.5 Å². The fourth-order valence-corrected chi connectivity index (χ4v) is 1.62. The van der Waals surface area contributed by atoms with E-state index in [0.29, 0.717) is 11.1 Å². The van der Waals surface area contributed by atoms with Gasteiger partial charge in [0.25, 0.3) is 5.78 Å².